The fourth-order valence-electron chi connectivity index (χ4n) is 1.63. The third-order valence-electron chi connectivity index (χ3n) is 2.59. The van der Waals surface area contributed by atoms with E-state index in [-0.39, 0.29) is 17.7 Å². The van der Waals surface area contributed by atoms with Crippen LogP contribution in [0.2, 0.25) is 0 Å². The summed E-state index contributed by atoms with van der Waals surface area (Å²) in [6.45, 7) is 2.23. The monoisotopic (exact) mass is 252 g/mol. The summed E-state index contributed by atoms with van der Waals surface area (Å²) >= 11 is 0. The molecule has 0 heterocycles. The Balaban J connectivity index is 2.67. The minimum atomic E-state index is -0.149. The van der Waals surface area contributed by atoms with Crippen LogP contribution in [0.1, 0.15) is 18.9 Å². The number of rotatable bonds is 5. The highest BCUT2D eigenvalue weighted by Crippen LogP contribution is 2.26. The van der Waals surface area contributed by atoms with Gasteiger partial charge in [-0.15, -0.1) is 0 Å². The molecule has 0 bridgehead atoms. The molecule has 0 fully saturated rings. The Morgan fingerprint density at radius 3 is 2.72 bits per heavy atom. The molecule has 3 N–H and O–H groups in total. The van der Waals surface area contributed by atoms with E-state index in [1.54, 1.807) is 31.0 Å². The Morgan fingerprint density at radius 2 is 2.22 bits per heavy atom. The van der Waals surface area contributed by atoms with Crippen molar-refractivity contribution in [2.75, 3.05) is 14.2 Å². The summed E-state index contributed by atoms with van der Waals surface area (Å²) in [5.74, 6) is 0.478. The fraction of sp³-hybridized carbons (Fsp3) is 0.462. The van der Waals surface area contributed by atoms with Crippen molar-refractivity contribution in [3.8, 4) is 11.5 Å². The summed E-state index contributed by atoms with van der Waals surface area (Å²) in [5.41, 5.74) is 6.42. The Morgan fingerprint density at radius 1 is 1.56 bits per heavy atom. The van der Waals surface area contributed by atoms with Crippen LogP contribution < -0.4 is 10.5 Å². The topological polar surface area (TPSA) is 75.8 Å². The number of carbonyl (C=O) groups excluding carboxylic acids is 1. The Labute approximate surface area is 107 Å². The molecule has 0 aliphatic rings. The van der Waals surface area contributed by atoms with Gasteiger partial charge in [-0.2, -0.15) is 0 Å². The number of nitrogens with zero attached hydrogens (tertiary/aromatic N) is 1. The summed E-state index contributed by atoms with van der Waals surface area (Å²) in [6, 6.07) is 4.93. The molecule has 0 aliphatic heterocycles. The van der Waals surface area contributed by atoms with Crippen LogP contribution in [0.4, 0.5) is 0 Å². The average Bonchev–Trinajstić information content (AvgIpc) is 2.28. The molecule has 1 aromatic rings. The third kappa shape index (κ3) is 3.92. The maximum absolute atomic E-state index is 11.7. The van der Waals surface area contributed by atoms with Gasteiger partial charge in [-0.1, -0.05) is 6.07 Å². The van der Waals surface area contributed by atoms with E-state index < -0.39 is 0 Å². The van der Waals surface area contributed by atoms with Crippen LogP contribution in [0.25, 0.3) is 0 Å². The molecule has 18 heavy (non-hydrogen) atoms. The van der Waals surface area contributed by atoms with Gasteiger partial charge in [0.25, 0.3) is 0 Å². The third-order valence-corrected chi connectivity index (χ3v) is 2.59. The van der Waals surface area contributed by atoms with Gasteiger partial charge in [0, 0.05) is 26.1 Å². The van der Waals surface area contributed by atoms with E-state index in [1.165, 1.54) is 7.11 Å². The van der Waals surface area contributed by atoms with Crippen molar-refractivity contribution in [3.63, 3.8) is 0 Å². The second-order valence-corrected chi connectivity index (χ2v) is 4.44. The number of phenols is 1. The minimum absolute atomic E-state index is 0.0136. The Bertz CT molecular complexity index is 419. The molecular weight excluding hydrogens is 232 g/mol. The average molecular weight is 252 g/mol. The van der Waals surface area contributed by atoms with Gasteiger partial charge >= 0.3 is 0 Å². The normalized spacial score (nSPS) is 12.0. The van der Waals surface area contributed by atoms with E-state index in [9.17, 15) is 9.90 Å². The van der Waals surface area contributed by atoms with Crippen LogP contribution in [0, 0.1) is 0 Å². The van der Waals surface area contributed by atoms with Gasteiger partial charge < -0.3 is 20.5 Å². The number of hydrogen-bond acceptors (Lipinski definition) is 4. The van der Waals surface area contributed by atoms with Crippen molar-refractivity contribution in [2.45, 2.75) is 25.9 Å². The second-order valence-electron chi connectivity index (χ2n) is 4.44. The first kappa shape index (κ1) is 14.3. The van der Waals surface area contributed by atoms with E-state index in [0.29, 0.717) is 18.7 Å². The van der Waals surface area contributed by atoms with Gasteiger partial charge in [0.2, 0.25) is 5.91 Å². The fourth-order valence-corrected chi connectivity index (χ4v) is 1.63. The van der Waals surface area contributed by atoms with Crippen molar-refractivity contribution in [1.29, 1.82) is 0 Å². The van der Waals surface area contributed by atoms with Gasteiger partial charge in [0.1, 0.15) is 0 Å². The molecule has 1 atom stereocenters. The van der Waals surface area contributed by atoms with E-state index >= 15 is 0 Å². The quantitative estimate of drug-likeness (QED) is 0.822. The highest BCUT2D eigenvalue weighted by atomic mass is 16.5. The smallest absolute Gasteiger partial charge is 0.224 e. The number of methoxy groups -OCH3 is 1. The van der Waals surface area contributed by atoms with Crippen molar-refractivity contribution < 1.29 is 14.6 Å². The molecular formula is C13H20N2O3. The number of carbonyl (C=O) groups is 1. The van der Waals surface area contributed by atoms with E-state index in [0.717, 1.165) is 5.56 Å². The molecule has 0 saturated carbocycles. The minimum Gasteiger partial charge on any atom is -0.504 e. The maximum atomic E-state index is 11.7. The predicted octanol–water partition coefficient (Wildman–Crippen LogP) is 1.10. The number of amides is 1. The number of aromatic hydroxyl groups is 1. The summed E-state index contributed by atoms with van der Waals surface area (Å²) < 4.78 is 4.96. The molecule has 1 aromatic carbocycles. The van der Waals surface area contributed by atoms with Crippen LogP contribution in [0.15, 0.2) is 18.2 Å². The van der Waals surface area contributed by atoms with Crippen LogP contribution >= 0.6 is 0 Å². The van der Waals surface area contributed by atoms with Gasteiger partial charge in [-0.3, -0.25) is 4.79 Å². The van der Waals surface area contributed by atoms with Crippen molar-refractivity contribution >= 4 is 5.91 Å². The zero-order valence-corrected chi connectivity index (χ0v) is 11.0. The first-order valence-corrected chi connectivity index (χ1v) is 5.79. The summed E-state index contributed by atoms with van der Waals surface area (Å²) in [7, 11) is 3.21. The number of hydrogen-bond donors (Lipinski definition) is 2. The second kappa shape index (κ2) is 6.26. The predicted molar refractivity (Wildman–Crippen MR) is 69.4 cm³/mol. The van der Waals surface area contributed by atoms with Crippen molar-refractivity contribution in [1.82, 2.24) is 4.90 Å². The van der Waals surface area contributed by atoms with Gasteiger partial charge in [0.15, 0.2) is 11.5 Å². The zero-order valence-electron chi connectivity index (χ0n) is 11.0. The molecule has 0 saturated heterocycles. The van der Waals surface area contributed by atoms with Gasteiger partial charge in [-0.25, -0.2) is 0 Å². The zero-order chi connectivity index (χ0) is 13.7. The van der Waals surface area contributed by atoms with E-state index in [1.807, 2.05) is 6.07 Å². The van der Waals surface area contributed by atoms with Gasteiger partial charge in [0.05, 0.1) is 7.11 Å². The standard InChI is InChI=1S/C13H20N2O3/c1-9(14)6-13(17)15(2)8-10-4-5-12(18-3)11(16)7-10/h4-5,7,9,16H,6,8,14H2,1-3H3. The maximum Gasteiger partial charge on any atom is 0.224 e. The van der Waals surface area contributed by atoms with Crippen molar-refractivity contribution in [2.24, 2.45) is 5.73 Å². The summed E-state index contributed by atoms with van der Waals surface area (Å²) in [6.07, 6.45) is 0.318. The lowest BCUT2D eigenvalue weighted by molar-refractivity contribution is -0.130. The Kier molecular flexibility index (Phi) is 4.97. The number of nitrogens with two attached hydrogens (primary N) is 1. The lowest BCUT2D eigenvalue weighted by Crippen LogP contribution is -2.31. The SMILES string of the molecule is COc1ccc(CN(C)C(=O)CC(C)N)cc1O. The van der Waals surface area contributed by atoms with Crippen LogP contribution in [0.5, 0.6) is 11.5 Å². The highest BCUT2D eigenvalue weighted by Gasteiger charge is 2.12. The molecule has 1 rings (SSSR count). The van der Waals surface area contributed by atoms with E-state index in [4.69, 9.17) is 10.5 Å². The lowest BCUT2D eigenvalue weighted by Gasteiger charge is -2.18. The number of benzene rings is 1. The van der Waals surface area contributed by atoms with E-state index in [2.05, 4.69) is 0 Å². The largest absolute Gasteiger partial charge is 0.504 e. The van der Waals surface area contributed by atoms with Gasteiger partial charge in [-0.05, 0) is 24.6 Å². The molecule has 0 spiro atoms. The highest BCUT2D eigenvalue weighted by molar-refractivity contribution is 5.76. The molecule has 1 unspecified atom stereocenters. The summed E-state index contributed by atoms with van der Waals surface area (Å²) in [4.78, 5) is 13.3. The summed E-state index contributed by atoms with van der Waals surface area (Å²) in [5, 5.41) is 9.64. The lowest BCUT2D eigenvalue weighted by atomic mass is 10.1. The first-order valence-electron chi connectivity index (χ1n) is 5.79. The number of phenolic OH excluding ortho intramolecular Hbond substituents is 1. The van der Waals surface area contributed by atoms with Crippen LogP contribution in [-0.2, 0) is 11.3 Å². The first-order chi connectivity index (χ1) is 8.43. The molecule has 0 aliphatic carbocycles. The number of ether oxygens (including phenoxy) is 1. The molecule has 5 heteroatoms. The van der Waals surface area contributed by atoms with Crippen LogP contribution in [-0.4, -0.2) is 36.1 Å². The molecule has 100 valence electrons. The van der Waals surface area contributed by atoms with Crippen LogP contribution in [0.3, 0.4) is 0 Å². The molecule has 5 nitrogen and oxygen atoms in total. The molecule has 1 amide bonds. The molecule has 0 radical (unpaired) electrons. The van der Waals surface area contributed by atoms with Crippen molar-refractivity contribution in [3.05, 3.63) is 23.8 Å². The Hall–Kier alpha value is -1.75. The molecule has 0 aromatic heterocycles.